The van der Waals surface area contributed by atoms with Crippen LogP contribution in [-0.4, -0.2) is 24.0 Å². The number of thiazole rings is 1. The second kappa shape index (κ2) is 6.67. The smallest absolute Gasteiger partial charge is 0.353 e. The second-order valence-electron chi connectivity index (χ2n) is 5.44. The van der Waals surface area contributed by atoms with Gasteiger partial charge in [-0.15, -0.1) is 35.3 Å². The van der Waals surface area contributed by atoms with E-state index >= 15 is 0 Å². The van der Waals surface area contributed by atoms with Crippen molar-refractivity contribution in [2.75, 3.05) is 7.05 Å². The van der Waals surface area contributed by atoms with Gasteiger partial charge in [0, 0.05) is 18.5 Å². The first-order valence-electron chi connectivity index (χ1n) is 6.21. The molecule has 120 valence electrons. The van der Waals surface area contributed by atoms with Gasteiger partial charge in [-0.3, -0.25) is 4.99 Å². The Hall–Kier alpha value is -0.580. The van der Waals surface area contributed by atoms with Crippen LogP contribution in [-0.2, 0) is 12.7 Å². The summed E-state index contributed by atoms with van der Waals surface area (Å²) in [6.45, 7) is 4.52. The van der Waals surface area contributed by atoms with Crippen LogP contribution in [0.25, 0.3) is 0 Å². The van der Waals surface area contributed by atoms with Crippen LogP contribution in [0.4, 0.5) is 13.2 Å². The number of hydrogen-bond donors (Lipinski definition) is 2. The molecule has 9 heteroatoms. The van der Waals surface area contributed by atoms with Crippen LogP contribution in [0.1, 0.15) is 31.0 Å². The maximum Gasteiger partial charge on any atom is 0.434 e. The van der Waals surface area contributed by atoms with E-state index in [0.717, 1.165) is 23.1 Å². The number of guanidine groups is 1. The van der Waals surface area contributed by atoms with Crippen LogP contribution in [0.15, 0.2) is 10.4 Å². The maximum atomic E-state index is 12.4. The second-order valence-corrected chi connectivity index (χ2v) is 6.38. The first-order chi connectivity index (χ1) is 9.22. The van der Waals surface area contributed by atoms with Gasteiger partial charge in [0.2, 0.25) is 0 Å². The van der Waals surface area contributed by atoms with E-state index in [0.29, 0.717) is 17.0 Å². The summed E-state index contributed by atoms with van der Waals surface area (Å²) in [7, 11) is 1.63. The Morgan fingerprint density at radius 1 is 1.52 bits per heavy atom. The van der Waals surface area contributed by atoms with Crippen molar-refractivity contribution in [2.24, 2.45) is 10.4 Å². The molecule has 1 unspecified atom stereocenters. The lowest BCUT2D eigenvalue weighted by atomic mass is 10.2. The van der Waals surface area contributed by atoms with Gasteiger partial charge in [-0.2, -0.15) is 13.2 Å². The summed E-state index contributed by atoms with van der Waals surface area (Å²) in [5.41, 5.74) is -0.590. The summed E-state index contributed by atoms with van der Waals surface area (Å²) in [5, 5.41) is 7.62. The SMILES string of the molecule is CN=C(NCc1nc(C(F)(F)F)cs1)NC1CC1(C)C.I. The molecule has 0 aromatic carbocycles. The highest BCUT2D eigenvalue weighted by atomic mass is 127. The average molecular weight is 434 g/mol. The molecular weight excluding hydrogens is 416 g/mol. The molecule has 0 bridgehead atoms. The standard InChI is InChI=1S/C12H17F3N4S.HI/c1-11(2)4-7(11)19-10(16-3)17-5-9-18-8(6-20-9)12(13,14)15;/h6-7H,4-5H2,1-3H3,(H2,16,17,19);1H. The van der Waals surface area contributed by atoms with Gasteiger partial charge in [0.1, 0.15) is 5.01 Å². The lowest BCUT2D eigenvalue weighted by Crippen LogP contribution is -2.39. The third-order valence-corrected chi connectivity index (χ3v) is 4.15. The van der Waals surface area contributed by atoms with Gasteiger partial charge in [-0.1, -0.05) is 13.8 Å². The number of aliphatic imine (C=N–C) groups is 1. The summed E-state index contributed by atoms with van der Waals surface area (Å²) in [6.07, 6.45) is -3.32. The Morgan fingerprint density at radius 3 is 2.57 bits per heavy atom. The van der Waals surface area contributed by atoms with E-state index in [4.69, 9.17) is 0 Å². The Labute approximate surface area is 142 Å². The van der Waals surface area contributed by atoms with Gasteiger partial charge in [0.25, 0.3) is 0 Å². The summed E-state index contributed by atoms with van der Waals surface area (Å²) in [4.78, 5) is 7.61. The van der Waals surface area contributed by atoms with Gasteiger partial charge in [0.15, 0.2) is 11.7 Å². The monoisotopic (exact) mass is 434 g/mol. The number of nitrogens with one attached hydrogen (secondary N) is 2. The zero-order chi connectivity index (χ0) is 15.0. The Bertz CT molecular complexity index is 513. The van der Waals surface area contributed by atoms with Crippen LogP contribution < -0.4 is 10.6 Å². The lowest BCUT2D eigenvalue weighted by molar-refractivity contribution is -0.140. The number of hydrogen-bond acceptors (Lipinski definition) is 3. The highest BCUT2D eigenvalue weighted by Gasteiger charge is 2.46. The van der Waals surface area contributed by atoms with Crippen molar-refractivity contribution >= 4 is 41.3 Å². The minimum Gasteiger partial charge on any atom is -0.353 e. The van der Waals surface area contributed by atoms with Gasteiger partial charge in [0.05, 0.1) is 6.54 Å². The summed E-state index contributed by atoms with van der Waals surface area (Å²) in [5.74, 6) is 0.587. The fraction of sp³-hybridized carbons (Fsp3) is 0.667. The van der Waals surface area contributed by atoms with Crippen molar-refractivity contribution in [3.8, 4) is 0 Å². The van der Waals surface area contributed by atoms with Crippen molar-refractivity contribution in [2.45, 2.75) is 39.0 Å². The molecule has 1 fully saturated rings. The fourth-order valence-electron chi connectivity index (χ4n) is 1.75. The van der Waals surface area contributed by atoms with Crippen molar-refractivity contribution < 1.29 is 13.2 Å². The van der Waals surface area contributed by atoms with E-state index in [-0.39, 0.29) is 35.9 Å². The third-order valence-electron chi connectivity index (χ3n) is 3.30. The van der Waals surface area contributed by atoms with Crippen molar-refractivity contribution in [1.29, 1.82) is 0 Å². The highest BCUT2D eigenvalue weighted by molar-refractivity contribution is 14.0. The number of rotatable bonds is 3. The molecule has 4 nitrogen and oxygen atoms in total. The molecule has 1 saturated carbocycles. The molecule has 1 aliphatic rings. The minimum atomic E-state index is -4.38. The third kappa shape index (κ3) is 4.97. The minimum absolute atomic E-state index is 0. The van der Waals surface area contributed by atoms with Gasteiger partial charge < -0.3 is 10.6 Å². The fourth-order valence-corrected chi connectivity index (χ4v) is 2.50. The Morgan fingerprint density at radius 2 is 2.14 bits per heavy atom. The first-order valence-corrected chi connectivity index (χ1v) is 7.09. The highest BCUT2D eigenvalue weighted by Crippen LogP contribution is 2.44. The van der Waals surface area contributed by atoms with Gasteiger partial charge >= 0.3 is 6.18 Å². The van der Waals surface area contributed by atoms with Crippen LogP contribution in [0.5, 0.6) is 0 Å². The molecule has 21 heavy (non-hydrogen) atoms. The molecule has 1 aromatic heterocycles. The van der Waals surface area contributed by atoms with Crippen LogP contribution in [0, 0.1) is 5.41 Å². The quantitative estimate of drug-likeness (QED) is 0.437. The van der Waals surface area contributed by atoms with Crippen molar-refractivity contribution in [1.82, 2.24) is 15.6 Å². The molecule has 2 N–H and O–H groups in total. The molecule has 1 atom stereocenters. The van der Waals surface area contributed by atoms with Gasteiger partial charge in [-0.05, 0) is 11.8 Å². The number of nitrogens with zero attached hydrogens (tertiary/aromatic N) is 2. The summed E-state index contributed by atoms with van der Waals surface area (Å²) in [6, 6.07) is 0.357. The zero-order valence-corrected chi connectivity index (χ0v) is 15.1. The predicted molar refractivity (Wildman–Crippen MR) is 88.1 cm³/mol. The van der Waals surface area contributed by atoms with Crippen LogP contribution >= 0.6 is 35.3 Å². The molecule has 0 saturated heterocycles. The topological polar surface area (TPSA) is 49.3 Å². The summed E-state index contributed by atoms with van der Waals surface area (Å²) >= 11 is 0.987. The molecule has 2 rings (SSSR count). The molecule has 1 heterocycles. The van der Waals surface area contributed by atoms with Crippen molar-refractivity contribution in [3.05, 3.63) is 16.1 Å². The Balaban J connectivity index is 0.00000220. The van der Waals surface area contributed by atoms with E-state index in [1.807, 2.05) is 0 Å². The van der Waals surface area contributed by atoms with E-state index < -0.39 is 11.9 Å². The molecular formula is C12H18F3IN4S. The van der Waals surface area contributed by atoms with Crippen LogP contribution in [0.2, 0.25) is 0 Å². The van der Waals surface area contributed by atoms with Gasteiger partial charge in [-0.25, -0.2) is 4.98 Å². The average Bonchev–Trinajstić information content (AvgIpc) is 2.79. The molecule has 0 spiro atoms. The molecule has 0 amide bonds. The molecule has 0 aliphatic heterocycles. The lowest BCUT2D eigenvalue weighted by Gasteiger charge is -2.12. The van der Waals surface area contributed by atoms with E-state index in [1.165, 1.54) is 0 Å². The zero-order valence-electron chi connectivity index (χ0n) is 11.9. The molecule has 1 aromatic rings. The maximum absolute atomic E-state index is 12.4. The van der Waals surface area contributed by atoms with E-state index in [1.54, 1.807) is 7.05 Å². The predicted octanol–water partition coefficient (Wildman–Crippen LogP) is 3.24. The normalized spacial score (nSPS) is 20.7. The van der Waals surface area contributed by atoms with Crippen LogP contribution in [0.3, 0.4) is 0 Å². The summed E-state index contributed by atoms with van der Waals surface area (Å²) < 4.78 is 37.3. The largest absolute Gasteiger partial charge is 0.434 e. The molecule has 1 aliphatic carbocycles. The number of alkyl halides is 3. The first kappa shape index (κ1) is 18.5. The molecule has 0 radical (unpaired) electrons. The number of aromatic nitrogens is 1. The van der Waals surface area contributed by atoms with E-state index in [9.17, 15) is 13.2 Å². The van der Waals surface area contributed by atoms with E-state index in [2.05, 4.69) is 34.5 Å². The Kier molecular flexibility index (Phi) is 5.87. The number of halogens is 4. The van der Waals surface area contributed by atoms with Crippen molar-refractivity contribution in [3.63, 3.8) is 0 Å².